The van der Waals surface area contributed by atoms with Crippen LogP contribution in [0.2, 0.25) is 0 Å². The van der Waals surface area contributed by atoms with Crippen molar-refractivity contribution >= 4 is 15.9 Å². The van der Waals surface area contributed by atoms with E-state index >= 15 is 0 Å². The Kier molecular flexibility index (Phi) is 5.35. The predicted octanol–water partition coefficient (Wildman–Crippen LogP) is 2.30. The summed E-state index contributed by atoms with van der Waals surface area (Å²) in [5.41, 5.74) is 1.22. The summed E-state index contributed by atoms with van der Waals surface area (Å²) >= 11 is 0. The summed E-state index contributed by atoms with van der Waals surface area (Å²) in [5, 5.41) is 4.21. The molecule has 1 amide bonds. The highest BCUT2D eigenvalue weighted by atomic mass is 32.2. The zero-order valence-corrected chi connectivity index (χ0v) is 16.6. The molecular weight excluding hydrogens is 414 g/mol. The van der Waals surface area contributed by atoms with Gasteiger partial charge >= 0.3 is 0 Å². The Morgan fingerprint density at radius 3 is 2.30 bits per heavy atom. The number of para-hydroxylation sites is 1. The van der Waals surface area contributed by atoms with Gasteiger partial charge in [-0.05, 0) is 30.3 Å². The largest absolute Gasteiger partial charge is 0.336 e. The second-order valence-corrected chi connectivity index (χ2v) is 8.72. The maximum Gasteiger partial charge on any atom is 0.257 e. The molecule has 1 fully saturated rings. The zero-order valence-electron chi connectivity index (χ0n) is 15.8. The van der Waals surface area contributed by atoms with Crippen LogP contribution in [0.15, 0.2) is 65.8 Å². The topological polar surface area (TPSA) is 75.5 Å². The van der Waals surface area contributed by atoms with Crippen LogP contribution < -0.4 is 0 Å². The Hall–Kier alpha value is -3.11. The number of halogens is 2. The van der Waals surface area contributed by atoms with E-state index in [-0.39, 0.29) is 37.0 Å². The van der Waals surface area contributed by atoms with Gasteiger partial charge in [0, 0.05) is 32.4 Å². The van der Waals surface area contributed by atoms with Crippen LogP contribution in [0.4, 0.5) is 8.78 Å². The summed E-state index contributed by atoms with van der Waals surface area (Å²) < 4.78 is 54.7. The molecule has 3 aromatic rings. The highest BCUT2D eigenvalue weighted by Crippen LogP contribution is 2.20. The fraction of sp³-hybridized carbons (Fsp3) is 0.200. The number of aromatic nitrogens is 2. The summed E-state index contributed by atoms with van der Waals surface area (Å²) in [6, 6.07) is 11.8. The first-order chi connectivity index (χ1) is 14.4. The quantitative estimate of drug-likeness (QED) is 0.634. The average molecular weight is 432 g/mol. The van der Waals surface area contributed by atoms with Gasteiger partial charge in [0.2, 0.25) is 10.0 Å². The Morgan fingerprint density at radius 1 is 0.933 bits per heavy atom. The van der Waals surface area contributed by atoms with Crippen molar-refractivity contribution in [1.82, 2.24) is 19.0 Å². The molecule has 1 saturated heterocycles. The minimum absolute atomic E-state index is 0.0554. The lowest BCUT2D eigenvalue weighted by molar-refractivity contribution is 0.0698. The average Bonchev–Trinajstić information content (AvgIpc) is 3.26. The number of piperazine rings is 1. The number of amides is 1. The second kappa shape index (κ2) is 7.96. The van der Waals surface area contributed by atoms with E-state index in [2.05, 4.69) is 5.10 Å². The molecule has 0 aliphatic carbocycles. The van der Waals surface area contributed by atoms with Crippen molar-refractivity contribution in [2.24, 2.45) is 0 Å². The Morgan fingerprint density at radius 2 is 1.63 bits per heavy atom. The number of hydrogen-bond acceptors (Lipinski definition) is 4. The van der Waals surface area contributed by atoms with Crippen LogP contribution in [0, 0.1) is 11.6 Å². The molecule has 1 aromatic heterocycles. The molecule has 0 spiro atoms. The molecule has 0 saturated carbocycles. The van der Waals surface area contributed by atoms with E-state index in [9.17, 15) is 22.0 Å². The maximum absolute atomic E-state index is 13.4. The molecule has 10 heteroatoms. The number of carbonyl (C=O) groups excluding carboxylic acids is 1. The fourth-order valence-corrected chi connectivity index (χ4v) is 4.69. The van der Waals surface area contributed by atoms with Gasteiger partial charge in [0.05, 0.1) is 22.3 Å². The lowest BCUT2D eigenvalue weighted by Crippen LogP contribution is -2.50. The van der Waals surface area contributed by atoms with Gasteiger partial charge in [0.25, 0.3) is 5.91 Å². The highest BCUT2D eigenvalue weighted by molar-refractivity contribution is 7.89. The number of rotatable bonds is 4. The van der Waals surface area contributed by atoms with Gasteiger partial charge in [-0.1, -0.05) is 18.2 Å². The van der Waals surface area contributed by atoms with Crippen LogP contribution in [0.5, 0.6) is 0 Å². The van der Waals surface area contributed by atoms with Gasteiger partial charge in [-0.25, -0.2) is 21.9 Å². The van der Waals surface area contributed by atoms with Crippen molar-refractivity contribution in [1.29, 1.82) is 0 Å². The summed E-state index contributed by atoms with van der Waals surface area (Å²) in [4.78, 5) is 14.0. The summed E-state index contributed by atoms with van der Waals surface area (Å²) in [6.45, 7) is 0.469. The number of hydrogen-bond donors (Lipinski definition) is 0. The van der Waals surface area contributed by atoms with Crippen molar-refractivity contribution in [3.8, 4) is 5.69 Å². The molecule has 0 atom stereocenters. The van der Waals surface area contributed by atoms with Crippen molar-refractivity contribution < 1.29 is 22.0 Å². The summed E-state index contributed by atoms with van der Waals surface area (Å²) in [5.74, 6) is -2.58. The van der Waals surface area contributed by atoms with Gasteiger partial charge in [0.1, 0.15) is 0 Å². The number of sulfonamides is 1. The third kappa shape index (κ3) is 3.83. The molecule has 4 rings (SSSR count). The molecule has 156 valence electrons. The first-order valence-corrected chi connectivity index (χ1v) is 10.6. The molecule has 2 heterocycles. The van der Waals surface area contributed by atoms with Gasteiger partial charge in [-0.2, -0.15) is 9.40 Å². The molecule has 1 aliphatic heterocycles. The molecular formula is C20H18F2N4O3S. The minimum Gasteiger partial charge on any atom is -0.336 e. The highest BCUT2D eigenvalue weighted by Gasteiger charge is 2.31. The first kappa shape index (κ1) is 20.2. The molecule has 0 unspecified atom stereocenters. The monoisotopic (exact) mass is 432 g/mol. The maximum atomic E-state index is 13.4. The van der Waals surface area contributed by atoms with Crippen molar-refractivity contribution in [3.63, 3.8) is 0 Å². The number of carbonyl (C=O) groups is 1. The van der Waals surface area contributed by atoms with E-state index in [0.29, 0.717) is 11.6 Å². The lowest BCUT2D eigenvalue weighted by Gasteiger charge is -2.33. The minimum atomic E-state index is -3.97. The van der Waals surface area contributed by atoms with E-state index in [1.54, 1.807) is 15.8 Å². The number of benzene rings is 2. The zero-order chi connectivity index (χ0) is 21.3. The molecule has 0 bridgehead atoms. The van der Waals surface area contributed by atoms with E-state index in [0.717, 1.165) is 22.1 Å². The predicted molar refractivity (Wildman–Crippen MR) is 105 cm³/mol. The molecule has 2 aromatic carbocycles. The third-order valence-electron chi connectivity index (χ3n) is 4.90. The van der Waals surface area contributed by atoms with Crippen LogP contribution in [-0.2, 0) is 10.0 Å². The van der Waals surface area contributed by atoms with E-state index in [1.807, 2.05) is 30.3 Å². The van der Waals surface area contributed by atoms with Gasteiger partial charge < -0.3 is 4.90 Å². The summed E-state index contributed by atoms with van der Waals surface area (Å²) in [6.07, 6.45) is 3.10. The van der Waals surface area contributed by atoms with Crippen LogP contribution in [-0.4, -0.2) is 59.5 Å². The third-order valence-corrected chi connectivity index (χ3v) is 6.80. The first-order valence-electron chi connectivity index (χ1n) is 9.21. The standard InChI is InChI=1S/C20H18F2N4O3S/c21-18-7-6-17(12-19(18)22)30(28,29)25-10-8-24(9-11-25)20(27)15-13-23-26(14-15)16-4-2-1-3-5-16/h1-7,12-14H,8-11H2. The fourth-order valence-electron chi connectivity index (χ4n) is 3.26. The van der Waals surface area contributed by atoms with Gasteiger partial charge in [-0.15, -0.1) is 0 Å². The van der Waals surface area contributed by atoms with Crippen LogP contribution >= 0.6 is 0 Å². The Labute approximate surface area is 172 Å². The van der Waals surface area contributed by atoms with Crippen molar-refractivity contribution in [2.45, 2.75) is 4.90 Å². The molecule has 7 nitrogen and oxygen atoms in total. The van der Waals surface area contributed by atoms with E-state index in [1.165, 1.54) is 6.20 Å². The number of nitrogens with zero attached hydrogens (tertiary/aromatic N) is 4. The Balaban J connectivity index is 1.43. The van der Waals surface area contributed by atoms with E-state index in [4.69, 9.17) is 0 Å². The Bertz CT molecular complexity index is 1170. The normalized spacial score (nSPS) is 15.3. The SMILES string of the molecule is O=C(c1cnn(-c2ccccc2)c1)N1CCN(S(=O)(=O)c2ccc(F)c(F)c2)CC1. The van der Waals surface area contributed by atoms with Crippen molar-refractivity contribution in [3.05, 3.63) is 78.1 Å². The van der Waals surface area contributed by atoms with Crippen LogP contribution in [0.1, 0.15) is 10.4 Å². The van der Waals surface area contributed by atoms with Gasteiger partial charge in [-0.3, -0.25) is 4.79 Å². The second-order valence-electron chi connectivity index (χ2n) is 6.78. The van der Waals surface area contributed by atoms with Gasteiger partial charge in [0.15, 0.2) is 11.6 Å². The smallest absolute Gasteiger partial charge is 0.257 e. The van der Waals surface area contributed by atoms with Crippen LogP contribution in [0.3, 0.4) is 0 Å². The van der Waals surface area contributed by atoms with E-state index < -0.39 is 21.7 Å². The molecule has 30 heavy (non-hydrogen) atoms. The summed E-state index contributed by atoms with van der Waals surface area (Å²) in [7, 11) is -3.97. The lowest BCUT2D eigenvalue weighted by atomic mass is 10.2. The molecule has 0 N–H and O–H groups in total. The molecule has 0 radical (unpaired) electrons. The molecule has 1 aliphatic rings. The van der Waals surface area contributed by atoms with Crippen LogP contribution in [0.25, 0.3) is 5.69 Å². The van der Waals surface area contributed by atoms with Crippen molar-refractivity contribution in [2.75, 3.05) is 26.2 Å².